The van der Waals surface area contributed by atoms with E-state index in [2.05, 4.69) is 27.4 Å². The molecular formula is C13H24O. The van der Waals surface area contributed by atoms with Crippen LogP contribution in [0.5, 0.6) is 0 Å². The molecule has 0 aromatic heterocycles. The molecule has 0 aromatic rings. The van der Waals surface area contributed by atoms with Gasteiger partial charge in [0.15, 0.2) is 0 Å². The van der Waals surface area contributed by atoms with E-state index in [1.165, 1.54) is 12.8 Å². The summed E-state index contributed by atoms with van der Waals surface area (Å²) in [5.41, 5.74) is 0.121. The van der Waals surface area contributed by atoms with Crippen LogP contribution < -0.4 is 0 Å². The average molecular weight is 196 g/mol. The second-order valence-electron chi connectivity index (χ2n) is 5.21. The van der Waals surface area contributed by atoms with Gasteiger partial charge in [-0.2, -0.15) is 0 Å². The third-order valence-electron chi connectivity index (χ3n) is 4.25. The molecule has 1 aliphatic rings. The van der Waals surface area contributed by atoms with Crippen molar-refractivity contribution < 1.29 is 5.11 Å². The highest BCUT2D eigenvalue weighted by Crippen LogP contribution is 2.52. The van der Waals surface area contributed by atoms with Gasteiger partial charge < -0.3 is 5.11 Å². The lowest BCUT2D eigenvalue weighted by atomic mass is 9.67. The molecule has 0 aromatic carbocycles. The second kappa shape index (κ2) is 4.48. The van der Waals surface area contributed by atoms with Crippen LogP contribution in [0.25, 0.3) is 0 Å². The molecule has 1 fully saturated rings. The molecule has 1 N–H and O–H groups in total. The fraction of sp³-hybridized carbons (Fsp3) is 0.846. The molecule has 0 heterocycles. The summed E-state index contributed by atoms with van der Waals surface area (Å²) in [5, 5.41) is 9.69. The summed E-state index contributed by atoms with van der Waals surface area (Å²) >= 11 is 0. The Labute approximate surface area is 88.2 Å². The third kappa shape index (κ3) is 1.75. The van der Waals surface area contributed by atoms with Crippen molar-refractivity contribution in [2.75, 3.05) is 6.61 Å². The average Bonchev–Trinajstić information content (AvgIpc) is 2.45. The maximum atomic E-state index is 9.69. The summed E-state index contributed by atoms with van der Waals surface area (Å²) < 4.78 is 0. The number of hydrogen-bond acceptors (Lipinski definition) is 1. The maximum absolute atomic E-state index is 9.69. The molecule has 1 heteroatoms. The van der Waals surface area contributed by atoms with Crippen molar-refractivity contribution in [2.24, 2.45) is 23.2 Å². The zero-order chi connectivity index (χ0) is 10.8. The molecule has 0 saturated heterocycles. The van der Waals surface area contributed by atoms with E-state index in [9.17, 15) is 5.11 Å². The van der Waals surface area contributed by atoms with E-state index in [0.717, 1.165) is 6.42 Å². The van der Waals surface area contributed by atoms with Gasteiger partial charge in [-0.1, -0.05) is 26.8 Å². The Hall–Kier alpha value is -0.300. The minimum Gasteiger partial charge on any atom is -0.396 e. The van der Waals surface area contributed by atoms with Crippen LogP contribution in [-0.4, -0.2) is 11.7 Å². The van der Waals surface area contributed by atoms with E-state index in [1.54, 1.807) is 0 Å². The summed E-state index contributed by atoms with van der Waals surface area (Å²) in [6.07, 6.45) is 5.48. The first kappa shape index (κ1) is 11.8. The van der Waals surface area contributed by atoms with E-state index < -0.39 is 0 Å². The lowest BCUT2D eigenvalue weighted by Gasteiger charge is -2.39. The Balaban J connectivity index is 2.90. The van der Waals surface area contributed by atoms with Crippen LogP contribution in [0.4, 0.5) is 0 Å². The number of allylic oxidation sites excluding steroid dienone is 1. The van der Waals surface area contributed by atoms with E-state index in [-0.39, 0.29) is 5.41 Å². The molecule has 0 amide bonds. The van der Waals surface area contributed by atoms with Gasteiger partial charge in [-0.05, 0) is 37.0 Å². The molecule has 1 saturated carbocycles. The van der Waals surface area contributed by atoms with Gasteiger partial charge in [-0.25, -0.2) is 0 Å². The fourth-order valence-corrected chi connectivity index (χ4v) is 3.33. The number of hydrogen-bond donors (Lipinski definition) is 1. The molecular weight excluding hydrogens is 172 g/mol. The fourth-order valence-electron chi connectivity index (χ4n) is 3.33. The maximum Gasteiger partial charge on any atom is 0.0495 e. The van der Waals surface area contributed by atoms with E-state index >= 15 is 0 Å². The molecule has 0 spiro atoms. The van der Waals surface area contributed by atoms with Crippen molar-refractivity contribution in [3.63, 3.8) is 0 Å². The lowest BCUT2D eigenvalue weighted by molar-refractivity contribution is 0.0314. The van der Waals surface area contributed by atoms with Gasteiger partial charge in [0.2, 0.25) is 0 Å². The quantitative estimate of drug-likeness (QED) is 0.684. The predicted molar refractivity (Wildman–Crippen MR) is 61.1 cm³/mol. The zero-order valence-electron chi connectivity index (χ0n) is 9.79. The molecule has 1 aliphatic carbocycles. The normalized spacial score (nSPS) is 37.8. The van der Waals surface area contributed by atoms with Gasteiger partial charge in [0, 0.05) is 12.0 Å². The lowest BCUT2D eigenvalue weighted by Crippen LogP contribution is -2.36. The topological polar surface area (TPSA) is 20.2 Å². The van der Waals surface area contributed by atoms with Gasteiger partial charge in [0.1, 0.15) is 0 Å². The monoisotopic (exact) mass is 196 g/mol. The highest BCUT2D eigenvalue weighted by atomic mass is 16.3. The van der Waals surface area contributed by atoms with E-state index in [1.807, 2.05) is 6.08 Å². The summed E-state index contributed by atoms with van der Waals surface area (Å²) in [6.45, 7) is 11.0. The number of aliphatic hydroxyl groups is 1. The Morgan fingerprint density at radius 3 is 2.57 bits per heavy atom. The Morgan fingerprint density at radius 2 is 2.14 bits per heavy atom. The van der Waals surface area contributed by atoms with Crippen molar-refractivity contribution in [2.45, 2.75) is 40.0 Å². The van der Waals surface area contributed by atoms with Crippen LogP contribution in [0, 0.1) is 23.2 Å². The summed E-state index contributed by atoms with van der Waals surface area (Å²) in [6, 6.07) is 0. The molecule has 14 heavy (non-hydrogen) atoms. The van der Waals surface area contributed by atoms with Crippen molar-refractivity contribution in [1.29, 1.82) is 0 Å². The minimum atomic E-state index is 0.121. The predicted octanol–water partition coefficient (Wildman–Crippen LogP) is 3.24. The third-order valence-corrected chi connectivity index (χ3v) is 4.25. The highest BCUT2D eigenvalue weighted by molar-refractivity contribution is 5.00. The molecule has 1 nitrogen and oxygen atoms in total. The second-order valence-corrected chi connectivity index (χ2v) is 5.21. The molecule has 0 bridgehead atoms. The van der Waals surface area contributed by atoms with Crippen molar-refractivity contribution in [3.05, 3.63) is 12.7 Å². The summed E-state index contributed by atoms with van der Waals surface area (Å²) in [4.78, 5) is 0. The van der Waals surface area contributed by atoms with Gasteiger partial charge in [-0.15, -0.1) is 6.58 Å². The number of aliphatic hydroxyl groups excluding tert-OH is 1. The van der Waals surface area contributed by atoms with Crippen LogP contribution in [0.3, 0.4) is 0 Å². The van der Waals surface area contributed by atoms with Gasteiger partial charge in [0.05, 0.1) is 0 Å². The molecule has 1 rings (SSSR count). The standard InChI is InChI=1S/C13H24O/c1-5-8-13(9-14)11(4)6-7-12(13)10(2)3/h5,10-12,14H,1,6-9H2,2-4H3/t11-,12-,13-/m1/s1. The first-order valence-corrected chi connectivity index (χ1v) is 5.80. The Bertz CT molecular complexity index is 197. The van der Waals surface area contributed by atoms with Crippen molar-refractivity contribution in [1.82, 2.24) is 0 Å². The van der Waals surface area contributed by atoms with Gasteiger partial charge >= 0.3 is 0 Å². The smallest absolute Gasteiger partial charge is 0.0495 e. The SMILES string of the molecule is C=CC[C@@]1(CO)[C@H](C)CC[C@@H]1C(C)C. The Morgan fingerprint density at radius 1 is 1.50 bits per heavy atom. The number of rotatable bonds is 4. The Kier molecular flexibility index (Phi) is 3.77. The molecule has 3 atom stereocenters. The molecule has 0 unspecified atom stereocenters. The molecule has 82 valence electrons. The minimum absolute atomic E-state index is 0.121. The van der Waals surface area contributed by atoms with Crippen LogP contribution in [-0.2, 0) is 0 Å². The van der Waals surface area contributed by atoms with E-state index in [0.29, 0.717) is 24.4 Å². The van der Waals surface area contributed by atoms with Crippen molar-refractivity contribution in [3.8, 4) is 0 Å². The van der Waals surface area contributed by atoms with Crippen LogP contribution in [0.2, 0.25) is 0 Å². The van der Waals surface area contributed by atoms with Crippen molar-refractivity contribution >= 4 is 0 Å². The molecule has 0 radical (unpaired) electrons. The highest BCUT2D eigenvalue weighted by Gasteiger charge is 2.47. The zero-order valence-corrected chi connectivity index (χ0v) is 9.79. The van der Waals surface area contributed by atoms with Gasteiger partial charge in [-0.3, -0.25) is 0 Å². The summed E-state index contributed by atoms with van der Waals surface area (Å²) in [7, 11) is 0. The van der Waals surface area contributed by atoms with E-state index in [4.69, 9.17) is 0 Å². The first-order chi connectivity index (χ1) is 6.58. The summed E-state index contributed by atoms with van der Waals surface area (Å²) in [5.74, 6) is 1.98. The molecule has 0 aliphatic heterocycles. The largest absolute Gasteiger partial charge is 0.396 e. The van der Waals surface area contributed by atoms with Crippen LogP contribution in [0.1, 0.15) is 40.0 Å². The van der Waals surface area contributed by atoms with Gasteiger partial charge in [0.25, 0.3) is 0 Å². The van der Waals surface area contributed by atoms with Crippen LogP contribution in [0.15, 0.2) is 12.7 Å². The first-order valence-electron chi connectivity index (χ1n) is 5.80. The van der Waals surface area contributed by atoms with Crippen LogP contribution >= 0.6 is 0 Å².